The largest absolute Gasteiger partial charge is 0.444 e. The highest BCUT2D eigenvalue weighted by atomic mass is 16.6. The minimum Gasteiger partial charge on any atom is -0.444 e. The number of ether oxygens (including phenoxy) is 1. The first kappa shape index (κ1) is 19.5. The van der Waals surface area contributed by atoms with Crippen molar-refractivity contribution in [1.29, 1.82) is 0 Å². The Kier molecular flexibility index (Phi) is 6.93. The molecule has 2 fully saturated rings. The van der Waals surface area contributed by atoms with E-state index in [0.29, 0.717) is 18.0 Å². The molecule has 1 saturated heterocycles. The summed E-state index contributed by atoms with van der Waals surface area (Å²) >= 11 is 0. The molecule has 1 aliphatic heterocycles. The third-order valence-electron chi connectivity index (χ3n) is 5.28. The molecule has 1 saturated carbocycles. The minimum atomic E-state index is -0.428. The Morgan fingerprint density at radius 1 is 1.21 bits per heavy atom. The Labute approximate surface area is 147 Å². The summed E-state index contributed by atoms with van der Waals surface area (Å²) in [5, 5.41) is 6.74. The molecule has 2 N–H and O–H groups in total. The standard InChI is InChI=1S/C19H37N3O2/c1-14(2)22-10-9-15(13-22)11-20-17-8-6-7-16(17)12-21-18(23)24-19(3,4)5/h14-17,20H,6-13H2,1-5H3,(H,21,23). The fourth-order valence-electron chi connectivity index (χ4n) is 3.89. The number of hydrogen-bond acceptors (Lipinski definition) is 4. The second kappa shape index (κ2) is 8.52. The number of carbonyl (C=O) groups is 1. The van der Waals surface area contributed by atoms with Crippen LogP contribution in [0.15, 0.2) is 0 Å². The molecule has 0 bridgehead atoms. The normalized spacial score (nSPS) is 28.5. The van der Waals surface area contributed by atoms with Crippen molar-refractivity contribution >= 4 is 6.09 Å². The van der Waals surface area contributed by atoms with Crippen molar-refractivity contribution in [2.75, 3.05) is 26.2 Å². The van der Waals surface area contributed by atoms with Crippen molar-refractivity contribution < 1.29 is 9.53 Å². The van der Waals surface area contributed by atoms with Crippen LogP contribution in [0.25, 0.3) is 0 Å². The Morgan fingerprint density at radius 3 is 2.58 bits per heavy atom. The van der Waals surface area contributed by atoms with Crippen LogP contribution in [0.5, 0.6) is 0 Å². The van der Waals surface area contributed by atoms with E-state index in [1.54, 1.807) is 0 Å². The van der Waals surface area contributed by atoms with Gasteiger partial charge in [0.25, 0.3) is 0 Å². The minimum absolute atomic E-state index is 0.295. The SMILES string of the molecule is CC(C)N1CCC(CNC2CCCC2CNC(=O)OC(C)(C)C)C1. The van der Waals surface area contributed by atoms with Gasteiger partial charge in [-0.15, -0.1) is 0 Å². The summed E-state index contributed by atoms with van der Waals surface area (Å²) < 4.78 is 5.33. The highest BCUT2D eigenvalue weighted by Gasteiger charge is 2.30. The van der Waals surface area contributed by atoms with Gasteiger partial charge in [-0.2, -0.15) is 0 Å². The number of likely N-dealkylation sites (tertiary alicyclic amines) is 1. The summed E-state index contributed by atoms with van der Waals surface area (Å²) in [6, 6.07) is 1.19. The summed E-state index contributed by atoms with van der Waals surface area (Å²) in [6.45, 7) is 14.5. The van der Waals surface area contributed by atoms with Crippen molar-refractivity contribution in [3.8, 4) is 0 Å². The summed E-state index contributed by atoms with van der Waals surface area (Å²) in [5.41, 5.74) is -0.428. The lowest BCUT2D eigenvalue weighted by Gasteiger charge is -2.25. The number of nitrogens with one attached hydrogen (secondary N) is 2. The van der Waals surface area contributed by atoms with E-state index in [4.69, 9.17) is 4.74 Å². The molecule has 0 radical (unpaired) electrons. The third-order valence-corrected chi connectivity index (χ3v) is 5.28. The summed E-state index contributed by atoms with van der Waals surface area (Å²) in [5.74, 6) is 1.30. The highest BCUT2D eigenvalue weighted by molar-refractivity contribution is 5.67. The lowest BCUT2D eigenvalue weighted by molar-refractivity contribution is 0.0517. The molecule has 1 aliphatic carbocycles. The van der Waals surface area contributed by atoms with Crippen molar-refractivity contribution in [3.05, 3.63) is 0 Å². The molecule has 5 nitrogen and oxygen atoms in total. The van der Waals surface area contributed by atoms with Crippen LogP contribution in [0, 0.1) is 11.8 Å². The molecule has 0 aromatic heterocycles. The van der Waals surface area contributed by atoms with Gasteiger partial charge in [0.15, 0.2) is 0 Å². The van der Waals surface area contributed by atoms with Gasteiger partial charge in [-0.05, 0) is 78.8 Å². The van der Waals surface area contributed by atoms with Crippen LogP contribution in [-0.2, 0) is 4.74 Å². The van der Waals surface area contributed by atoms with E-state index in [1.165, 1.54) is 38.8 Å². The Morgan fingerprint density at radius 2 is 1.96 bits per heavy atom. The van der Waals surface area contributed by atoms with Gasteiger partial charge in [0.2, 0.25) is 0 Å². The first-order chi connectivity index (χ1) is 11.2. The maximum Gasteiger partial charge on any atom is 0.407 e. The monoisotopic (exact) mass is 339 g/mol. The first-order valence-electron chi connectivity index (χ1n) is 9.69. The van der Waals surface area contributed by atoms with Crippen LogP contribution in [0.1, 0.15) is 60.3 Å². The van der Waals surface area contributed by atoms with E-state index in [-0.39, 0.29) is 6.09 Å². The predicted octanol–water partition coefficient (Wildman–Crippen LogP) is 3.00. The summed E-state index contributed by atoms with van der Waals surface area (Å²) in [7, 11) is 0. The van der Waals surface area contributed by atoms with Crippen molar-refractivity contribution in [2.45, 2.75) is 78.0 Å². The van der Waals surface area contributed by atoms with E-state index in [2.05, 4.69) is 29.4 Å². The number of alkyl carbamates (subject to hydrolysis) is 1. The smallest absolute Gasteiger partial charge is 0.407 e. The Bertz CT molecular complexity index is 406. The zero-order chi connectivity index (χ0) is 17.7. The van der Waals surface area contributed by atoms with Crippen molar-refractivity contribution in [3.63, 3.8) is 0 Å². The zero-order valence-electron chi connectivity index (χ0n) is 16.2. The van der Waals surface area contributed by atoms with Gasteiger partial charge in [0, 0.05) is 25.2 Å². The molecule has 140 valence electrons. The number of nitrogens with zero attached hydrogens (tertiary/aromatic N) is 1. The summed E-state index contributed by atoms with van der Waals surface area (Å²) in [6.07, 6.45) is 4.67. The average Bonchev–Trinajstić information content (AvgIpc) is 3.10. The molecule has 1 amide bonds. The number of rotatable bonds is 6. The fraction of sp³-hybridized carbons (Fsp3) is 0.947. The second-order valence-electron chi connectivity index (χ2n) is 8.83. The van der Waals surface area contributed by atoms with Gasteiger partial charge in [-0.25, -0.2) is 4.79 Å². The van der Waals surface area contributed by atoms with E-state index in [1.807, 2.05) is 20.8 Å². The van der Waals surface area contributed by atoms with Crippen LogP contribution < -0.4 is 10.6 Å². The maximum absolute atomic E-state index is 11.8. The Hall–Kier alpha value is -0.810. The maximum atomic E-state index is 11.8. The molecule has 1 heterocycles. The van der Waals surface area contributed by atoms with Crippen LogP contribution in [0.3, 0.4) is 0 Å². The van der Waals surface area contributed by atoms with Gasteiger partial charge in [-0.1, -0.05) is 6.42 Å². The van der Waals surface area contributed by atoms with Crippen LogP contribution in [0.2, 0.25) is 0 Å². The second-order valence-corrected chi connectivity index (χ2v) is 8.83. The highest BCUT2D eigenvalue weighted by Crippen LogP contribution is 2.26. The van der Waals surface area contributed by atoms with E-state index >= 15 is 0 Å². The van der Waals surface area contributed by atoms with E-state index < -0.39 is 5.60 Å². The lowest BCUT2D eigenvalue weighted by atomic mass is 10.0. The number of carbonyl (C=O) groups excluding carboxylic acids is 1. The van der Waals surface area contributed by atoms with Crippen molar-refractivity contribution in [1.82, 2.24) is 15.5 Å². The molecule has 3 unspecified atom stereocenters. The molecule has 3 atom stereocenters. The predicted molar refractivity (Wildman–Crippen MR) is 98.2 cm³/mol. The van der Waals surface area contributed by atoms with E-state index in [9.17, 15) is 4.79 Å². The molecule has 0 aromatic rings. The Balaban J connectivity index is 1.68. The molecule has 0 spiro atoms. The van der Waals surface area contributed by atoms with Crippen LogP contribution >= 0.6 is 0 Å². The van der Waals surface area contributed by atoms with Crippen molar-refractivity contribution in [2.24, 2.45) is 11.8 Å². The average molecular weight is 340 g/mol. The third kappa shape index (κ3) is 6.25. The zero-order valence-corrected chi connectivity index (χ0v) is 16.2. The first-order valence-corrected chi connectivity index (χ1v) is 9.69. The van der Waals surface area contributed by atoms with Gasteiger partial charge >= 0.3 is 6.09 Å². The lowest BCUT2D eigenvalue weighted by Crippen LogP contribution is -2.42. The molecular formula is C19H37N3O2. The molecule has 5 heteroatoms. The summed E-state index contributed by atoms with van der Waals surface area (Å²) in [4.78, 5) is 14.4. The quantitative estimate of drug-likeness (QED) is 0.781. The van der Waals surface area contributed by atoms with Gasteiger partial charge in [0.1, 0.15) is 5.60 Å². The van der Waals surface area contributed by atoms with Gasteiger partial charge in [-0.3, -0.25) is 0 Å². The molecule has 2 rings (SSSR count). The fourth-order valence-corrected chi connectivity index (χ4v) is 3.89. The van der Waals surface area contributed by atoms with E-state index in [0.717, 1.165) is 19.0 Å². The van der Waals surface area contributed by atoms with Gasteiger partial charge in [0.05, 0.1) is 0 Å². The van der Waals surface area contributed by atoms with Crippen LogP contribution in [-0.4, -0.2) is 54.9 Å². The molecule has 2 aliphatic rings. The van der Waals surface area contributed by atoms with Crippen LogP contribution in [0.4, 0.5) is 4.79 Å². The molecular weight excluding hydrogens is 302 g/mol. The topological polar surface area (TPSA) is 53.6 Å². The van der Waals surface area contributed by atoms with Gasteiger partial charge < -0.3 is 20.3 Å². The number of hydrogen-bond donors (Lipinski definition) is 2. The number of amides is 1. The molecule has 0 aromatic carbocycles. The molecule has 24 heavy (non-hydrogen) atoms.